The number of hydrogen-bond donors (Lipinski definition) is 1. The van der Waals surface area contributed by atoms with Crippen LogP contribution in [0.3, 0.4) is 0 Å². The molecule has 0 radical (unpaired) electrons. The van der Waals surface area contributed by atoms with E-state index in [1.54, 1.807) is 0 Å². The summed E-state index contributed by atoms with van der Waals surface area (Å²) in [6.45, 7) is 8.77. The largest absolute Gasteiger partial charge is 0.372 e. The number of benzene rings is 1. The second-order valence-electron chi connectivity index (χ2n) is 6.04. The first-order chi connectivity index (χ1) is 9.95. The molecule has 1 aromatic rings. The highest BCUT2D eigenvalue weighted by Crippen LogP contribution is 2.26. The van der Waals surface area contributed by atoms with Gasteiger partial charge in [-0.15, -0.1) is 0 Å². The molecule has 0 aliphatic heterocycles. The van der Waals surface area contributed by atoms with Crippen molar-refractivity contribution in [3.63, 3.8) is 0 Å². The molecule has 0 bridgehead atoms. The Balaban J connectivity index is 2.79. The lowest BCUT2D eigenvalue weighted by atomic mass is 10.1. The number of rotatable bonds is 9. The van der Waals surface area contributed by atoms with Gasteiger partial charge >= 0.3 is 0 Å². The van der Waals surface area contributed by atoms with Crippen LogP contribution in [0.25, 0.3) is 0 Å². The van der Waals surface area contributed by atoms with E-state index in [2.05, 4.69) is 78.4 Å². The van der Waals surface area contributed by atoms with E-state index in [9.17, 15) is 0 Å². The first kappa shape index (κ1) is 18.9. The summed E-state index contributed by atoms with van der Waals surface area (Å²) in [5, 5.41) is 3.55. The van der Waals surface area contributed by atoms with Crippen LogP contribution in [-0.4, -0.2) is 31.6 Å². The van der Waals surface area contributed by atoms with Gasteiger partial charge in [-0.2, -0.15) is 11.8 Å². The van der Waals surface area contributed by atoms with Crippen molar-refractivity contribution in [3.05, 3.63) is 28.2 Å². The highest BCUT2D eigenvalue weighted by Gasteiger charge is 2.13. The van der Waals surface area contributed by atoms with E-state index < -0.39 is 0 Å². The van der Waals surface area contributed by atoms with Crippen LogP contribution in [0.2, 0.25) is 0 Å². The number of halogens is 1. The van der Waals surface area contributed by atoms with Crippen LogP contribution >= 0.6 is 27.7 Å². The van der Waals surface area contributed by atoms with E-state index in [-0.39, 0.29) is 0 Å². The van der Waals surface area contributed by atoms with Crippen LogP contribution in [-0.2, 0) is 6.54 Å². The number of thioether (sulfide) groups is 1. The van der Waals surface area contributed by atoms with Crippen molar-refractivity contribution in [2.24, 2.45) is 5.92 Å². The fraction of sp³-hybridized carbons (Fsp3) is 0.647. The lowest BCUT2D eigenvalue weighted by Crippen LogP contribution is -2.31. The fourth-order valence-corrected chi connectivity index (χ4v) is 3.24. The molecular formula is C17H29BrN2S. The zero-order chi connectivity index (χ0) is 15.8. The molecule has 120 valence electrons. The third-order valence-corrected chi connectivity index (χ3v) is 4.83. The quantitative estimate of drug-likeness (QED) is 0.671. The molecule has 0 aliphatic carbocycles. The summed E-state index contributed by atoms with van der Waals surface area (Å²) in [6.07, 6.45) is 3.39. The van der Waals surface area contributed by atoms with E-state index in [1.165, 1.54) is 23.4 Å². The summed E-state index contributed by atoms with van der Waals surface area (Å²) in [6, 6.07) is 7.16. The third-order valence-electron chi connectivity index (χ3n) is 3.69. The molecular weight excluding hydrogens is 344 g/mol. The smallest absolute Gasteiger partial charge is 0.0412 e. The second-order valence-corrected chi connectivity index (χ2v) is 7.94. The molecule has 4 heteroatoms. The van der Waals surface area contributed by atoms with Crippen LogP contribution in [0.1, 0.15) is 32.8 Å². The van der Waals surface area contributed by atoms with Crippen LogP contribution in [0.4, 0.5) is 5.69 Å². The predicted octanol–water partition coefficient (Wildman–Crippen LogP) is 4.77. The SMILES string of the molecule is CSCCC(C)N(C)c1ccc(Br)cc1CNCC(C)C. The Labute approximate surface area is 143 Å². The minimum absolute atomic E-state index is 0.558. The van der Waals surface area contributed by atoms with Gasteiger partial charge in [0.2, 0.25) is 0 Å². The number of nitrogens with one attached hydrogen (secondary N) is 1. The molecule has 0 amide bonds. The standard InChI is InChI=1S/C17H29BrN2S/c1-13(2)11-19-12-15-10-16(18)6-7-17(15)20(4)14(3)8-9-21-5/h6-7,10,13-14,19H,8-9,11-12H2,1-5H3. The van der Waals surface area contributed by atoms with Gasteiger partial charge in [0.15, 0.2) is 0 Å². The van der Waals surface area contributed by atoms with Gasteiger partial charge < -0.3 is 10.2 Å². The summed E-state index contributed by atoms with van der Waals surface area (Å²) in [5.74, 6) is 1.89. The highest BCUT2D eigenvalue weighted by molar-refractivity contribution is 9.10. The topological polar surface area (TPSA) is 15.3 Å². The van der Waals surface area contributed by atoms with Crippen molar-refractivity contribution in [2.45, 2.75) is 39.8 Å². The van der Waals surface area contributed by atoms with Crippen LogP contribution in [0.5, 0.6) is 0 Å². The first-order valence-corrected chi connectivity index (χ1v) is 9.85. The van der Waals surface area contributed by atoms with Gasteiger partial charge in [0.25, 0.3) is 0 Å². The molecule has 21 heavy (non-hydrogen) atoms. The molecule has 1 atom stereocenters. The molecule has 1 aromatic carbocycles. The summed E-state index contributed by atoms with van der Waals surface area (Å²) >= 11 is 5.52. The molecule has 0 aliphatic rings. The van der Waals surface area contributed by atoms with Crippen molar-refractivity contribution < 1.29 is 0 Å². The van der Waals surface area contributed by atoms with Crippen LogP contribution in [0, 0.1) is 5.92 Å². The van der Waals surface area contributed by atoms with Crippen molar-refractivity contribution in [2.75, 3.05) is 30.5 Å². The monoisotopic (exact) mass is 372 g/mol. The van der Waals surface area contributed by atoms with Crippen molar-refractivity contribution in [1.29, 1.82) is 0 Å². The lowest BCUT2D eigenvalue weighted by Gasteiger charge is -2.29. The van der Waals surface area contributed by atoms with Gasteiger partial charge in [0.1, 0.15) is 0 Å². The molecule has 0 aromatic heterocycles. The predicted molar refractivity (Wildman–Crippen MR) is 102 cm³/mol. The Hall–Kier alpha value is -0.190. The summed E-state index contributed by atoms with van der Waals surface area (Å²) < 4.78 is 1.15. The van der Waals surface area contributed by atoms with Crippen LogP contribution in [0.15, 0.2) is 22.7 Å². The van der Waals surface area contributed by atoms with Crippen molar-refractivity contribution in [3.8, 4) is 0 Å². The van der Waals surface area contributed by atoms with Crippen LogP contribution < -0.4 is 10.2 Å². The molecule has 1 unspecified atom stereocenters. The maximum Gasteiger partial charge on any atom is 0.0412 e. The maximum atomic E-state index is 3.60. The van der Waals surface area contributed by atoms with Gasteiger partial charge in [-0.3, -0.25) is 0 Å². The molecule has 1 rings (SSSR count). The zero-order valence-corrected chi connectivity index (χ0v) is 16.4. The zero-order valence-electron chi connectivity index (χ0n) is 13.9. The van der Waals surface area contributed by atoms with Crippen molar-refractivity contribution >= 4 is 33.4 Å². The first-order valence-electron chi connectivity index (χ1n) is 7.66. The summed E-state index contributed by atoms with van der Waals surface area (Å²) in [7, 11) is 2.21. The summed E-state index contributed by atoms with van der Waals surface area (Å²) in [5.41, 5.74) is 2.70. The number of hydrogen-bond acceptors (Lipinski definition) is 3. The van der Waals surface area contributed by atoms with Gasteiger partial charge in [-0.05, 0) is 61.6 Å². The molecule has 2 nitrogen and oxygen atoms in total. The lowest BCUT2D eigenvalue weighted by molar-refractivity contribution is 0.551. The molecule has 0 spiro atoms. The molecule has 0 saturated carbocycles. The number of anilines is 1. The van der Waals surface area contributed by atoms with Gasteiger partial charge in [-0.25, -0.2) is 0 Å². The minimum atomic E-state index is 0.558. The van der Waals surface area contributed by atoms with Gasteiger partial charge in [0.05, 0.1) is 0 Å². The molecule has 0 fully saturated rings. The Bertz CT molecular complexity index is 423. The second kappa shape index (κ2) is 9.75. The van der Waals surface area contributed by atoms with E-state index in [1.807, 2.05) is 11.8 Å². The molecule has 0 saturated heterocycles. The average molecular weight is 373 g/mol. The van der Waals surface area contributed by atoms with E-state index in [0.29, 0.717) is 12.0 Å². The van der Waals surface area contributed by atoms with E-state index in [0.717, 1.165) is 17.6 Å². The minimum Gasteiger partial charge on any atom is -0.372 e. The third kappa shape index (κ3) is 6.62. The number of nitrogens with zero attached hydrogens (tertiary/aromatic N) is 1. The summed E-state index contributed by atoms with van der Waals surface area (Å²) in [4.78, 5) is 2.41. The average Bonchev–Trinajstić information content (AvgIpc) is 2.44. The molecule has 0 heterocycles. The van der Waals surface area contributed by atoms with Gasteiger partial charge in [0, 0.05) is 29.8 Å². The highest BCUT2D eigenvalue weighted by atomic mass is 79.9. The van der Waals surface area contributed by atoms with E-state index >= 15 is 0 Å². The Morgan fingerprint density at radius 2 is 2.00 bits per heavy atom. The van der Waals surface area contributed by atoms with Gasteiger partial charge in [-0.1, -0.05) is 29.8 Å². The van der Waals surface area contributed by atoms with E-state index in [4.69, 9.17) is 0 Å². The Kier molecular flexibility index (Phi) is 8.76. The maximum absolute atomic E-state index is 3.60. The normalized spacial score (nSPS) is 12.7. The Morgan fingerprint density at radius 3 is 2.62 bits per heavy atom. The molecule has 1 N–H and O–H groups in total. The Morgan fingerprint density at radius 1 is 1.29 bits per heavy atom. The van der Waals surface area contributed by atoms with Crippen molar-refractivity contribution in [1.82, 2.24) is 5.32 Å². The fourth-order valence-electron chi connectivity index (χ4n) is 2.25.